The van der Waals surface area contributed by atoms with Gasteiger partial charge in [-0.2, -0.15) is 0 Å². The maximum absolute atomic E-state index is 11.3. The first-order valence-corrected chi connectivity index (χ1v) is 8.65. The van der Waals surface area contributed by atoms with Gasteiger partial charge >= 0.3 is 5.69 Å². The lowest BCUT2D eigenvalue weighted by Gasteiger charge is -2.07. The van der Waals surface area contributed by atoms with Gasteiger partial charge in [0.25, 0.3) is 5.69 Å². The number of nitro groups is 2. The molecule has 0 aliphatic carbocycles. The van der Waals surface area contributed by atoms with E-state index in [2.05, 4.69) is 4.99 Å². The second-order valence-corrected chi connectivity index (χ2v) is 6.39. The zero-order chi connectivity index (χ0) is 21.0. The van der Waals surface area contributed by atoms with Gasteiger partial charge in [0, 0.05) is 12.3 Å². The molecule has 0 fully saturated rings. The van der Waals surface area contributed by atoms with Crippen molar-refractivity contribution >= 4 is 23.3 Å². The van der Waals surface area contributed by atoms with E-state index in [1.807, 2.05) is 38.1 Å². The van der Waals surface area contributed by atoms with E-state index in [0.717, 1.165) is 34.5 Å². The highest BCUT2D eigenvalue weighted by Gasteiger charge is 2.21. The summed E-state index contributed by atoms with van der Waals surface area (Å²) >= 11 is 0. The Morgan fingerprint density at radius 1 is 0.931 bits per heavy atom. The molecule has 0 saturated heterocycles. The van der Waals surface area contributed by atoms with E-state index in [1.165, 1.54) is 6.07 Å². The SMILES string of the molecule is Cc1ccc(C)c(N=Cc2cccc(Oc3ccc([N+](=O)[O-])cc3[N+](=O)[O-])c2)c1. The van der Waals surface area contributed by atoms with E-state index in [-0.39, 0.29) is 11.4 Å². The number of rotatable bonds is 6. The molecule has 0 bridgehead atoms. The minimum absolute atomic E-state index is 0.0794. The number of hydrogen-bond acceptors (Lipinski definition) is 6. The zero-order valence-electron chi connectivity index (χ0n) is 15.7. The lowest BCUT2D eigenvalue weighted by molar-refractivity contribution is -0.394. The van der Waals surface area contributed by atoms with Gasteiger partial charge in [-0.3, -0.25) is 25.2 Å². The van der Waals surface area contributed by atoms with Crippen molar-refractivity contribution in [1.82, 2.24) is 0 Å². The van der Waals surface area contributed by atoms with Crippen LogP contribution in [-0.2, 0) is 0 Å². The van der Waals surface area contributed by atoms with Crippen LogP contribution >= 0.6 is 0 Å². The Balaban J connectivity index is 1.87. The van der Waals surface area contributed by atoms with Crippen molar-refractivity contribution in [3.63, 3.8) is 0 Å². The molecule has 0 heterocycles. The molecule has 3 aromatic rings. The maximum Gasteiger partial charge on any atom is 0.318 e. The Morgan fingerprint density at radius 2 is 1.72 bits per heavy atom. The Bertz CT molecular complexity index is 1130. The molecule has 0 spiro atoms. The van der Waals surface area contributed by atoms with Crippen LogP contribution in [0.15, 0.2) is 65.7 Å². The van der Waals surface area contributed by atoms with E-state index in [9.17, 15) is 20.2 Å². The molecule has 8 heteroatoms. The van der Waals surface area contributed by atoms with Gasteiger partial charge in [0.2, 0.25) is 5.75 Å². The molecule has 0 saturated carbocycles. The van der Waals surface area contributed by atoms with Gasteiger partial charge in [-0.15, -0.1) is 0 Å². The molecule has 3 rings (SSSR count). The van der Waals surface area contributed by atoms with Crippen molar-refractivity contribution < 1.29 is 14.6 Å². The number of aryl methyl sites for hydroxylation is 2. The van der Waals surface area contributed by atoms with Gasteiger partial charge < -0.3 is 4.74 Å². The van der Waals surface area contributed by atoms with Crippen molar-refractivity contribution in [3.05, 3.63) is 97.6 Å². The van der Waals surface area contributed by atoms with Gasteiger partial charge in [-0.05, 0) is 54.8 Å². The summed E-state index contributed by atoms with van der Waals surface area (Å²) < 4.78 is 5.62. The predicted octanol–water partition coefficient (Wildman–Crippen LogP) is 5.66. The van der Waals surface area contributed by atoms with Crippen molar-refractivity contribution in [3.8, 4) is 11.5 Å². The minimum atomic E-state index is -0.714. The second kappa shape index (κ2) is 8.30. The molecule has 3 aromatic carbocycles. The molecule has 29 heavy (non-hydrogen) atoms. The summed E-state index contributed by atoms with van der Waals surface area (Å²) in [6.45, 7) is 3.96. The fourth-order valence-electron chi connectivity index (χ4n) is 2.64. The first kappa shape index (κ1) is 19.7. The highest BCUT2D eigenvalue weighted by molar-refractivity contribution is 5.83. The monoisotopic (exact) mass is 391 g/mol. The van der Waals surface area contributed by atoms with E-state index in [4.69, 9.17) is 4.74 Å². The number of ether oxygens (including phenoxy) is 1. The maximum atomic E-state index is 11.3. The zero-order valence-corrected chi connectivity index (χ0v) is 15.7. The van der Waals surface area contributed by atoms with Crippen LogP contribution in [0.4, 0.5) is 17.1 Å². The molecule has 0 unspecified atom stereocenters. The predicted molar refractivity (Wildman–Crippen MR) is 109 cm³/mol. The van der Waals surface area contributed by atoms with E-state index >= 15 is 0 Å². The molecular formula is C21H17N3O5. The highest BCUT2D eigenvalue weighted by Crippen LogP contribution is 2.34. The standard InChI is InChI=1S/C21H17N3O5/c1-14-6-7-15(2)19(10-14)22-13-16-4-3-5-18(11-16)29-21-9-8-17(23(25)26)12-20(21)24(27)28/h3-13H,1-2H3. The van der Waals surface area contributed by atoms with Crippen LogP contribution in [0.5, 0.6) is 11.5 Å². The van der Waals surface area contributed by atoms with Crippen LogP contribution in [0.3, 0.4) is 0 Å². The van der Waals surface area contributed by atoms with Crippen LogP contribution in [0.25, 0.3) is 0 Å². The van der Waals surface area contributed by atoms with Crippen molar-refractivity contribution in [2.24, 2.45) is 4.99 Å². The molecule has 8 nitrogen and oxygen atoms in total. The molecule has 0 aromatic heterocycles. The third-order valence-electron chi connectivity index (χ3n) is 4.15. The largest absolute Gasteiger partial charge is 0.450 e. The summed E-state index contributed by atoms with van der Waals surface area (Å²) in [6.07, 6.45) is 1.68. The number of benzene rings is 3. The Morgan fingerprint density at radius 3 is 2.45 bits per heavy atom. The number of aliphatic imine (C=N–C) groups is 1. The molecule has 0 N–H and O–H groups in total. The van der Waals surface area contributed by atoms with Crippen molar-refractivity contribution in [2.45, 2.75) is 13.8 Å². The quantitative estimate of drug-likeness (QED) is 0.306. The smallest absolute Gasteiger partial charge is 0.318 e. The van der Waals surface area contributed by atoms with Gasteiger partial charge in [0.05, 0.1) is 21.6 Å². The van der Waals surface area contributed by atoms with E-state index in [1.54, 1.807) is 24.4 Å². The highest BCUT2D eigenvalue weighted by atomic mass is 16.6. The lowest BCUT2D eigenvalue weighted by Crippen LogP contribution is -1.96. The Hall–Kier alpha value is -4.07. The molecule has 0 aliphatic heterocycles. The normalized spacial score (nSPS) is 10.8. The van der Waals surface area contributed by atoms with Gasteiger partial charge in [-0.25, -0.2) is 0 Å². The molecular weight excluding hydrogens is 374 g/mol. The average molecular weight is 391 g/mol. The molecule has 0 atom stereocenters. The van der Waals surface area contributed by atoms with Crippen molar-refractivity contribution in [2.75, 3.05) is 0 Å². The van der Waals surface area contributed by atoms with Gasteiger partial charge in [0.15, 0.2) is 0 Å². The molecule has 146 valence electrons. The summed E-state index contributed by atoms with van der Waals surface area (Å²) in [5, 5.41) is 22.1. The fraction of sp³-hybridized carbons (Fsp3) is 0.0952. The van der Waals surface area contributed by atoms with Crippen LogP contribution in [0, 0.1) is 34.1 Å². The van der Waals surface area contributed by atoms with Crippen LogP contribution in [0.2, 0.25) is 0 Å². The summed E-state index contributed by atoms with van der Waals surface area (Å²) in [5.74, 6) is 0.274. The van der Waals surface area contributed by atoms with Gasteiger partial charge in [0.1, 0.15) is 5.75 Å². The first-order valence-electron chi connectivity index (χ1n) is 8.65. The Labute approximate surface area is 166 Å². The summed E-state index contributed by atoms with van der Waals surface area (Å²) in [7, 11) is 0. The lowest BCUT2D eigenvalue weighted by atomic mass is 10.1. The Kier molecular flexibility index (Phi) is 5.64. The third-order valence-corrected chi connectivity index (χ3v) is 4.15. The van der Waals surface area contributed by atoms with Gasteiger partial charge in [-0.1, -0.05) is 24.3 Å². The van der Waals surface area contributed by atoms with E-state index in [0.29, 0.717) is 5.75 Å². The number of nitrogens with zero attached hydrogens (tertiary/aromatic N) is 3. The number of non-ortho nitro benzene ring substituents is 1. The summed E-state index contributed by atoms with van der Waals surface area (Å²) in [4.78, 5) is 25.2. The molecule has 0 aliphatic rings. The van der Waals surface area contributed by atoms with Crippen LogP contribution < -0.4 is 4.74 Å². The van der Waals surface area contributed by atoms with Crippen LogP contribution in [0.1, 0.15) is 16.7 Å². The molecule has 0 amide bonds. The second-order valence-electron chi connectivity index (χ2n) is 6.39. The summed E-state index contributed by atoms with van der Waals surface area (Å²) in [5.41, 5.74) is 2.88. The van der Waals surface area contributed by atoms with Crippen LogP contribution in [-0.4, -0.2) is 16.1 Å². The van der Waals surface area contributed by atoms with Crippen molar-refractivity contribution in [1.29, 1.82) is 0 Å². The first-order chi connectivity index (χ1) is 13.8. The average Bonchev–Trinajstić information content (AvgIpc) is 2.69. The number of hydrogen-bond donors (Lipinski definition) is 0. The number of nitro benzene ring substituents is 2. The molecule has 0 radical (unpaired) electrons. The summed E-state index contributed by atoms with van der Waals surface area (Å²) in [6, 6.07) is 16.1. The topological polar surface area (TPSA) is 108 Å². The minimum Gasteiger partial charge on any atom is -0.450 e. The fourth-order valence-corrected chi connectivity index (χ4v) is 2.64. The van der Waals surface area contributed by atoms with E-state index < -0.39 is 15.5 Å². The third kappa shape index (κ3) is 4.81.